The highest BCUT2D eigenvalue weighted by Crippen LogP contribution is 2.29. The van der Waals surface area contributed by atoms with Crippen molar-refractivity contribution in [3.8, 4) is 0 Å². The van der Waals surface area contributed by atoms with Crippen molar-refractivity contribution in [2.24, 2.45) is 0 Å². The van der Waals surface area contributed by atoms with Crippen molar-refractivity contribution in [1.82, 2.24) is 0 Å². The van der Waals surface area contributed by atoms with E-state index < -0.39 is 106 Å². The Labute approximate surface area is 181 Å². The van der Waals surface area contributed by atoms with Gasteiger partial charge >= 0.3 is 0 Å². The van der Waals surface area contributed by atoms with Crippen molar-refractivity contribution >= 4 is 0 Å². The molecule has 3 rings (SSSR count). The molecule has 0 saturated carbocycles. The predicted octanol–water partition coefficient (Wildman–Crippen LogP) is -6.93. The minimum absolute atomic E-state index is 0.557. The van der Waals surface area contributed by atoms with Gasteiger partial charge in [0.25, 0.3) is 0 Å². The van der Waals surface area contributed by atoms with E-state index in [1.807, 2.05) is 0 Å². The van der Waals surface area contributed by atoms with Crippen LogP contribution in [-0.2, 0) is 23.7 Å². The lowest BCUT2D eigenvalue weighted by Gasteiger charge is -2.43. The fourth-order valence-corrected chi connectivity index (χ4v) is 3.73. The maximum Gasteiger partial charge on any atom is 0.187 e. The van der Waals surface area contributed by atoms with E-state index in [-0.39, 0.29) is 0 Å². The molecule has 0 radical (unpaired) electrons. The molecule has 10 N–H and O–H groups in total. The molecule has 188 valence electrons. The Morgan fingerprint density at radius 2 is 1.03 bits per heavy atom. The number of hydrogen-bond donors (Lipinski definition) is 10. The zero-order valence-corrected chi connectivity index (χ0v) is 16.7. The molecule has 0 aromatic rings. The van der Waals surface area contributed by atoms with Gasteiger partial charge in [-0.3, -0.25) is 0 Å². The zero-order valence-electron chi connectivity index (χ0n) is 16.7. The monoisotopic (exact) mass is 474 g/mol. The second-order valence-corrected chi connectivity index (χ2v) is 7.88. The molecular weight excluding hydrogens is 444 g/mol. The normalized spacial score (nSPS) is 52.3. The summed E-state index contributed by atoms with van der Waals surface area (Å²) in [5.41, 5.74) is 0. The molecule has 0 aromatic heterocycles. The van der Waals surface area contributed by atoms with Crippen molar-refractivity contribution in [3.05, 3.63) is 0 Å². The van der Waals surface area contributed by atoms with Gasteiger partial charge < -0.3 is 74.7 Å². The minimum Gasteiger partial charge on any atom is -0.394 e. The number of hydrogen-bond acceptors (Lipinski definition) is 15. The van der Waals surface area contributed by atoms with Gasteiger partial charge in [-0.25, -0.2) is 0 Å². The van der Waals surface area contributed by atoms with E-state index in [4.69, 9.17) is 28.8 Å². The Hall–Kier alpha value is -0.600. The van der Waals surface area contributed by atoms with Crippen LogP contribution in [0.2, 0.25) is 0 Å². The summed E-state index contributed by atoms with van der Waals surface area (Å²) in [4.78, 5) is 0. The third-order valence-electron chi connectivity index (χ3n) is 5.73. The van der Waals surface area contributed by atoms with E-state index in [1.165, 1.54) is 0 Å². The van der Waals surface area contributed by atoms with Gasteiger partial charge in [-0.05, 0) is 0 Å². The largest absolute Gasteiger partial charge is 0.394 e. The van der Waals surface area contributed by atoms with Crippen LogP contribution in [0.4, 0.5) is 0 Å². The maximum atomic E-state index is 10.4. The van der Waals surface area contributed by atoms with Crippen molar-refractivity contribution in [2.45, 2.75) is 86.0 Å². The van der Waals surface area contributed by atoms with Crippen LogP contribution in [0.1, 0.15) is 0 Å². The molecule has 3 aliphatic rings. The van der Waals surface area contributed by atoms with Gasteiger partial charge in [0.15, 0.2) is 18.9 Å². The molecule has 0 spiro atoms. The Bertz CT molecular complexity index is 594. The zero-order chi connectivity index (χ0) is 23.7. The van der Waals surface area contributed by atoms with Crippen LogP contribution in [0, 0.1) is 0 Å². The lowest BCUT2D eigenvalue weighted by Crippen LogP contribution is -2.62. The Morgan fingerprint density at radius 1 is 0.531 bits per heavy atom. The van der Waals surface area contributed by atoms with Crippen molar-refractivity contribution in [1.29, 1.82) is 0 Å². The molecule has 0 amide bonds. The fraction of sp³-hybridized carbons (Fsp3) is 1.00. The molecule has 32 heavy (non-hydrogen) atoms. The van der Waals surface area contributed by atoms with E-state index in [0.29, 0.717) is 0 Å². The SMILES string of the molecule is OC[C@@H]1O[C@@H](O[C@H]2C(O)O[C@H](CO[C@@H]3O[C@H](CO)[C@@H](O)[C@H](O)[C@H]3O)[C@@H](O)[C@@H]2O)[C@H](O)[C@H]1O. The van der Waals surface area contributed by atoms with Gasteiger partial charge in [-0.1, -0.05) is 0 Å². The maximum absolute atomic E-state index is 10.4. The molecule has 15 nitrogen and oxygen atoms in total. The van der Waals surface area contributed by atoms with Crippen LogP contribution in [0.15, 0.2) is 0 Å². The van der Waals surface area contributed by atoms with Gasteiger partial charge in [-0.15, -0.1) is 0 Å². The molecule has 1 unspecified atom stereocenters. The number of rotatable bonds is 7. The molecule has 3 aliphatic heterocycles. The Kier molecular flexibility index (Phi) is 8.75. The number of aliphatic hydroxyl groups is 10. The summed E-state index contributed by atoms with van der Waals surface area (Å²) in [6, 6.07) is 0. The molecule has 3 fully saturated rings. The van der Waals surface area contributed by atoms with Crippen molar-refractivity contribution in [2.75, 3.05) is 19.8 Å². The van der Waals surface area contributed by atoms with Crippen LogP contribution in [0.25, 0.3) is 0 Å². The van der Waals surface area contributed by atoms with E-state index in [2.05, 4.69) is 0 Å². The van der Waals surface area contributed by atoms with Gasteiger partial charge in [-0.2, -0.15) is 0 Å². The second-order valence-electron chi connectivity index (χ2n) is 7.88. The van der Waals surface area contributed by atoms with Crippen molar-refractivity contribution < 1.29 is 74.7 Å². The van der Waals surface area contributed by atoms with Crippen LogP contribution in [0.5, 0.6) is 0 Å². The summed E-state index contributed by atoms with van der Waals surface area (Å²) in [5, 5.41) is 98.4. The van der Waals surface area contributed by atoms with E-state index in [0.717, 1.165) is 0 Å². The molecule has 3 saturated heterocycles. The highest BCUT2D eigenvalue weighted by Gasteiger charge is 2.51. The minimum atomic E-state index is -1.85. The standard InChI is InChI=1S/C17H30O15/c18-1-4-7(20)10(23)13(26)16(30-4)28-3-6-9(22)11(24)14(15(27)29-6)32-17-12(25)8(21)5(2-19)31-17/h4-27H,1-3H2/t4-,5+,6-,7-,8+,9-,10+,11+,12-,13-,14-,15?,16-,17+/m1/s1. The first kappa shape index (κ1) is 26.0. The first-order valence-corrected chi connectivity index (χ1v) is 10.00. The first-order valence-electron chi connectivity index (χ1n) is 10.00. The molecule has 0 bridgehead atoms. The van der Waals surface area contributed by atoms with Gasteiger partial charge in [0.1, 0.15) is 67.1 Å². The average molecular weight is 474 g/mol. The van der Waals surface area contributed by atoms with Crippen LogP contribution >= 0.6 is 0 Å². The average Bonchev–Trinajstić information content (AvgIpc) is 3.05. The van der Waals surface area contributed by atoms with Crippen LogP contribution in [-0.4, -0.2) is 157 Å². The highest BCUT2D eigenvalue weighted by atomic mass is 16.7. The van der Waals surface area contributed by atoms with E-state index >= 15 is 0 Å². The van der Waals surface area contributed by atoms with Gasteiger partial charge in [0.05, 0.1) is 19.8 Å². The first-order chi connectivity index (χ1) is 15.1. The van der Waals surface area contributed by atoms with Gasteiger partial charge in [0, 0.05) is 0 Å². The van der Waals surface area contributed by atoms with Crippen LogP contribution < -0.4 is 0 Å². The van der Waals surface area contributed by atoms with E-state index in [9.17, 15) is 46.0 Å². The third kappa shape index (κ3) is 5.07. The quantitative estimate of drug-likeness (QED) is 0.165. The Balaban J connectivity index is 1.57. The number of ether oxygens (including phenoxy) is 5. The second kappa shape index (κ2) is 10.8. The lowest BCUT2D eigenvalue weighted by molar-refractivity contribution is -0.343. The molecule has 0 aromatic carbocycles. The summed E-state index contributed by atoms with van der Waals surface area (Å²) in [7, 11) is 0. The van der Waals surface area contributed by atoms with E-state index in [1.54, 1.807) is 0 Å². The topological polar surface area (TPSA) is 248 Å². The summed E-state index contributed by atoms with van der Waals surface area (Å²) in [6.45, 7) is -1.85. The molecule has 15 heteroatoms. The third-order valence-corrected chi connectivity index (χ3v) is 5.73. The molecular formula is C17H30O15. The fourth-order valence-electron chi connectivity index (χ4n) is 3.73. The smallest absolute Gasteiger partial charge is 0.187 e. The predicted molar refractivity (Wildman–Crippen MR) is 95.2 cm³/mol. The molecule has 3 heterocycles. The molecule has 0 aliphatic carbocycles. The Morgan fingerprint density at radius 3 is 1.62 bits per heavy atom. The number of aliphatic hydroxyl groups excluding tert-OH is 10. The van der Waals surface area contributed by atoms with Crippen molar-refractivity contribution in [3.63, 3.8) is 0 Å². The summed E-state index contributed by atoms with van der Waals surface area (Å²) < 4.78 is 26.0. The van der Waals surface area contributed by atoms with Crippen LogP contribution in [0.3, 0.4) is 0 Å². The summed E-state index contributed by atoms with van der Waals surface area (Å²) in [5.74, 6) is 0. The summed E-state index contributed by atoms with van der Waals surface area (Å²) >= 11 is 0. The lowest BCUT2D eigenvalue weighted by atomic mass is 9.98. The molecule has 14 atom stereocenters. The highest BCUT2D eigenvalue weighted by molar-refractivity contribution is 4.93. The summed E-state index contributed by atoms with van der Waals surface area (Å²) in [6.07, 6.45) is -21.8. The van der Waals surface area contributed by atoms with Gasteiger partial charge in [0.2, 0.25) is 0 Å².